The number of hydrogen-bond donors (Lipinski definition) is 3. The van der Waals surface area contributed by atoms with E-state index in [9.17, 15) is 24.6 Å². The van der Waals surface area contributed by atoms with Crippen LogP contribution < -0.4 is 10.6 Å². The molecule has 3 atom stereocenters. The number of nitrogens with zero attached hydrogens (tertiary/aromatic N) is 2. The van der Waals surface area contributed by atoms with Crippen molar-refractivity contribution in [2.24, 2.45) is 23.0 Å². The van der Waals surface area contributed by atoms with Crippen molar-refractivity contribution < 1.29 is 24.6 Å². The Labute approximate surface area is 222 Å². The summed E-state index contributed by atoms with van der Waals surface area (Å²) < 4.78 is 0. The summed E-state index contributed by atoms with van der Waals surface area (Å²) in [5.41, 5.74) is 3.25. The number of aliphatic carboxylic acids is 2. The first-order valence-electron chi connectivity index (χ1n) is 12.8. The summed E-state index contributed by atoms with van der Waals surface area (Å²) >= 11 is 1.48. The molecule has 4 rings (SSSR count). The number of thiophene rings is 1. The van der Waals surface area contributed by atoms with Gasteiger partial charge in [-0.1, -0.05) is 51.2 Å². The molecule has 4 N–H and O–H groups in total. The molecule has 0 aromatic carbocycles. The average molecular weight is 528 g/mol. The molecule has 2 heterocycles. The zero-order valence-corrected chi connectivity index (χ0v) is 22.3. The number of pyridine rings is 1. The lowest BCUT2D eigenvalue weighted by molar-refractivity contribution is -0.157. The summed E-state index contributed by atoms with van der Waals surface area (Å²) in [7, 11) is 1.65. The molecule has 0 saturated heterocycles. The van der Waals surface area contributed by atoms with Crippen LogP contribution in [0.2, 0.25) is 0 Å². The third-order valence-electron chi connectivity index (χ3n) is 8.20. The first kappa shape index (κ1) is 28.4. The molecule has 3 unspecified atom stereocenters. The number of urea groups is 1. The molecule has 2 amide bonds. The number of carbonyl (C=O) groups excluding carboxylic acids is 1. The Hall–Kier alpha value is -3.20. The van der Waals surface area contributed by atoms with Crippen LogP contribution in [-0.4, -0.2) is 40.2 Å². The maximum Gasteiger partial charge on any atom is 0.319 e. The van der Waals surface area contributed by atoms with Crippen LogP contribution in [0.25, 0.3) is 0 Å². The molecule has 2 aliphatic carbocycles. The fourth-order valence-corrected chi connectivity index (χ4v) is 6.48. The molecular weight excluding hydrogens is 490 g/mol. The lowest BCUT2D eigenvalue weighted by Crippen LogP contribution is -2.53. The predicted octanol–water partition coefficient (Wildman–Crippen LogP) is 5.69. The van der Waals surface area contributed by atoms with Gasteiger partial charge in [-0.15, -0.1) is 11.3 Å². The van der Waals surface area contributed by atoms with E-state index in [-0.39, 0.29) is 0 Å². The molecule has 37 heavy (non-hydrogen) atoms. The average Bonchev–Trinajstić information content (AvgIpc) is 3.44. The van der Waals surface area contributed by atoms with Crippen LogP contribution in [0.3, 0.4) is 0 Å². The molecule has 8 nitrogen and oxygen atoms in total. The van der Waals surface area contributed by atoms with Crippen molar-refractivity contribution >= 4 is 34.3 Å². The topological polar surface area (TPSA) is 134 Å². The molecule has 2 aromatic heterocycles. The Morgan fingerprint density at radius 3 is 2.32 bits per heavy atom. The Kier molecular flexibility index (Phi) is 9.48. The van der Waals surface area contributed by atoms with E-state index in [0.29, 0.717) is 24.3 Å². The minimum absolute atomic E-state index is 0.298. The summed E-state index contributed by atoms with van der Waals surface area (Å²) in [6.07, 6.45) is 14.3. The van der Waals surface area contributed by atoms with Gasteiger partial charge in [0, 0.05) is 19.4 Å². The van der Waals surface area contributed by atoms with Gasteiger partial charge in [0.05, 0.1) is 10.4 Å². The number of primary amides is 1. The number of rotatable bonds is 7. The van der Waals surface area contributed by atoms with E-state index in [2.05, 4.69) is 4.98 Å². The maximum atomic E-state index is 12.5. The smallest absolute Gasteiger partial charge is 0.319 e. The van der Waals surface area contributed by atoms with Gasteiger partial charge in [-0.25, -0.2) is 4.79 Å². The number of allylic oxidation sites excluding steroid dienone is 1. The second-order valence-electron chi connectivity index (χ2n) is 10.1. The first-order chi connectivity index (χ1) is 17.6. The molecule has 0 radical (unpaired) electrons. The van der Waals surface area contributed by atoms with Gasteiger partial charge in [0.25, 0.3) is 0 Å². The van der Waals surface area contributed by atoms with Gasteiger partial charge in [-0.2, -0.15) is 0 Å². The van der Waals surface area contributed by atoms with Gasteiger partial charge in [-0.05, 0) is 66.3 Å². The second-order valence-corrected chi connectivity index (χ2v) is 11.0. The number of amides is 2. The molecule has 1 saturated carbocycles. The normalized spacial score (nSPS) is 25.5. The standard InChI is InChI=1S/C22H29NO4.C6H8N2OS/c1-16-21(19(24)25,13-8-17-6-3-2-4-7-17)11-5-12-22(16,20(26)27)18-9-14-23-15-10-18;1-8(6(7)9)5-3-2-4-10-5/h5,9-11,14-17H,2-4,6-8,12-13H2,1H3,(H,24,25)(H,26,27);2-4H,1H3,(H2,7,9). The minimum atomic E-state index is -1.25. The number of carboxylic acids is 2. The van der Waals surface area contributed by atoms with Crippen LogP contribution >= 0.6 is 11.3 Å². The number of carboxylic acid groups (broad SMARTS) is 2. The Morgan fingerprint density at radius 1 is 1.11 bits per heavy atom. The molecule has 0 aliphatic heterocycles. The zero-order valence-electron chi connectivity index (χ0n) is 21.5. The summed E-state index contributed by atoms with van der Waals surface area (Å²) in [5.74, 6) is -1.89. The summed E-state index contributed by atoms with van der Waals surface area (Å²) in [6, 6.07) is 6.70. The largest absolute Gasteiger partial charge is 0.481 e. The van der Waals surface area contributed by atoms with E-state index in [1.165, 1.54) is 35.5 Å². The molecule has 1 fully saturated rings. The molecule has 200 valence electrons. The number of anilines is 1. The van der Waals surface area contributed by atoms with Crippen molar-refractivity contribution in [1.29, 1.82) is 0 Å². The van der Waals surface area contributed by atoms with Crippen LogP contribution in [0.5, 0.6) is 0 Å². The fraction of sp³-hybridized carbons (Fsp3) is 0.500. The molecular formula is C28H37N3O5S. The van der Waals surface area contributed by atoms with E-state index in [0.717, 1.165) is 24.3 Å². The number of hydrogen-bond acceptors (Lipinski definition) is 5. The van der Waals surface area contributed by atoms with Crippen molar-refractivity contribution in [1.82, 2.24) is 4.98 Å². The van der Waals surface area contributed by atoms with Crippen LogP contribution in [-0.2, 0) is 15.0 Å². The Morgan fingerprint density at radius 2 is 1.78 bits per heavy atom. The van der Waals surface area contributed by atoms with Crippen LogP contribution in [0, 0.1) is 17.3 Å². The second kappa shape index (κ2) is 12.4. The van der Waals surface area contributed by atoms with E-state index >= 15 is 0 Å². The van der Waals surface area contributed by atoms with E-state index < -0.39 is 34.7 Å². The van der Waals surface area contributed by atoms with Gasteiger partial charge in [0.15, 0.2) is 0 Å². The number of carbonyl (C=O) groups is 3. The lowest BCUT2D eigenvalue weighted by atomic mass is 9.54. The molecule has 0 spiro atoms. The zero-order chi connectivity index (χ0) is 27.1. The molecule has 9 heteroatoms. The quantitative estimate of drug-likeness (QED) is 0.396. The third-order valence-corrected chi connectivity index (χ3v) is 9.15. The van der Waals surface area contributed by atoms with Crippen molar-refractivity contribution in [3.8, 4) is 0 Å². The van der Waals surface area contributed by atoms with E-state index in [4.69, 9.17) is 5.73 Å². The highest BCUT2D eigenvalue weighted by molar-refractivity contribution is 7.14. The highest BCUT2D eigenvalue weighted by atomic mass is 32.1. The van der Waals surface area contributed by atoms with E-state index in [1.54, 1.807) is 50.6 Å². The monoisotopic (exact) mass is 527 g/mol. The summed E-state index contributed by atoms with van der Waals surface area (Å²) in [5, 5.41) is 23.2. The van der Waals surface area contributed by atoms with Crippen LogP contribution in [0.4, 0.5) is 9.80 Å². The molecule has 2 aromatic rings. The summed E-state index contributed by atoms with van der Waals surface area (Å²) in [4.78, 5) is 40.9. The molecule has 0 bridgehead atoms. The van der Waals surface area contributed by atoms with Crippen molar-refractivity contribution in [3.63, 3.8) is 0 Å². The third kappa shape index (κ3) is 6.04. The Bertz CT molecular complexity index is 1080. The van der Waals surface area contributed by atoms with Crippen LogP contribution in [0.15, 0.2) is 54.2 Å². The predicted molar refractivity (Wildman–Crippen MR) is 145 cm³/mol. The van der Waals surface area contributed by atoms with Gasteiger partial charge in [0.1, 0.15) is 5.41 Å². The maximum absolute atomic E-state index is 12.5. The van der Waals surface area contributed by atoms with Crippen molar-refractivity contribution in [2.75, 3.05) is 11.9 Å². The SMILES string of the molecule is CC1C(CCC2CCCCC2)(C(=O)O)C=CCC1(C(=O)O)c1ccncc1.CN(C(N)=O)c1cccs1. The van der Waals surface area contributed by atoms with Gasteiger partial charge in [0.2, 0.25) is 0 Å². The van der Waals surface area contributed by atoms with E-state index in [1.807, 2.05) is 17.5 Å². The minimum Gasteiger partial charge on any atom is -0.481 e. The van der Waals surface area contributed by atoms with Gasteiger partial charge < -0.3 is 15.9 Å². The summed E-state index contributed by atoms with van der Waals surface area (Å²) in [6.45, 7) is 1.80. The fourth-order valence-electron chi connectivity index (χ4n) is 5.78. The highest BCUT2D eigenvalue weighted by Gasteiger charge is 2.57. The lowest BCUT2D eigenvalue weighted by Gasteiger charge is -2.47. The highest BCUT2D eigenvalue weighted by Crippen LogP contribution is 2.52. The van der Waals surface area contributed by atoms with Gasteiger partial charge in [-0.3, -0.25) is 19.5 Å². The first-order valence-corrected chi connectivity index (χ1v) is 13.6. The Balaban J connectivity index is 0.000000319. The number of aromatic nitrogens is 1. The van der Waals surface area contributed by atoms with Crippen LogP contribution in [0.1, 0.15) is 63.9 Å². The van der Waals surface area contributed by atoms with Crippen molar-refractivity contribution in [3.05, 3.63) is 59.8 Å². The van der Waals surface area contributed by atoms with Gasteiger partial charge >= 0.3 is 18.0 Å². The number of nitrogens with two attached hydrogens (primary N) is 1. The van der Waals surface area contributed by atoms with Crippen molar-refractivity contribution in [2.45, 2.75) is 63.7 Å². The molecule has 2 aliphatic rings.